The largest absolute Gasteiger partial charge is 0.323 e. The summed E-state index contributed by atoms with van der Waals surface area (Å²) in [6.45, 7) is -0.0144. The molecule has 1 aromatic carbocycles. The first-order chi connectivity index (χ1) is 14.5. The Morgan fingerprint density at radius 3 is 2.90 bits per heavy atom. The predicted molar refractivity (Wildman–Crippen MR) is 120 cm³/mol. The summed E-state index contributed by atoms with van der Waals surface area (Å²) in [4.78, 5) is 46.1. The van der Waals surface area contributed by atoms with Crippen LogP contribution < -0.4 is 15.8 Å². The maximum atomic E-state index is 13.0. The van der Waals surface area contributed by atoms with Crippen molar-refractivity contribution in [1.82, 2.24) is 9.55 Å². The molecular weight excluding hydrogens is 420 g/mol. The quantitative estimate of drug-likeness (QED) is 0.500. The van der Waals surface area contributed by atoms with Crippen molar-refractivity contribution in [3.05, 3.63) is 45.1 Å². The van der Waals surface area contributed by atoms with Crippen molar-refractivity contribution in [3.63, 3.8) is 0 Å². The summed E-state index contributed by atoms with van der Waals surface area (Å²) in [6.07, 6.45) is 4.21. The molecule has 3 aromatic rings. The summed E-state index contributed by atoms with van der Waals surface area (Å²) in [6, 6.07) is 7.24. The van der Waals surface area contributed by atoms with Crippen molar-refractivity contribution in [2.75, 3.05) is 22.5 Å². The maximum Gasteiger partial charge on any atom is 0.262 e. The fourth-order valence-corrected chi connectivity index (χ4v) is 6.21. The molecule has 2 aliphatic rings. The number of hydrogen-bond acceptors (Lipinski definition) is 6. The van der Waals surface area contributed by atoms with E-state index < -0.39 is 0 Å². The van der Waals surface area contributed by atoms with E-state index >= 15 is 0 Å². The molecule has 0 spiro atoms. The predicted octanol–water partition coefficient (Wildman–Crippen LogP) is 2.95. The second kappa shape index (κ2) is 7.55. The van der Waals surface area contributed by atoms with Gasteiger partial charge < -0.3 is 10.2 Å². The number of anilines is 2. The molecule has 0 radical (unpaired) electrons. The monoisotopic (exact) mass is 440 g/mol. The van der Waals surface area contributed by atoms with Gasteiger partial charge in [0.25, 0.3) is 5.56 Å². The Labute approximate surface area is 181 Å². The van der Waals surface area contributed by atoms with E-state index in [9.17, 15) is 14.4 Å². The lowest BCUT2D eigenvalue weighted by atomic mass is 9.97. The van der Waals surface area contributed by atoms with Gasteiger partial charge >= 0.3 is 0 Å². The summed E-state index contributed by atoms with van der Waals surface area (Å²) >= 11 is 2.84. The molecule has 1 aliphatic carbocycles. The first kappa shape index (κ1) is 19.3. The number of carbonyl (C=O) groups excluding carboxylic acids is 2. The van der Waals surface area contributed by atoms with Gasteiger partial charge in [0.05, 0.1) is 22.5 Å². The molecule has 7 nitrogen and oxygen atoms in total. The highest BCUT2D eigenvalue weighted by Gasteiger charge is 2.27. The minimum atomic E-state index is -0.219. The molecule has 1 aliphatic heterocycles. The van der Waals surface area contributed by atoms with Gasteiger partial charge in [-0.15, -0.1) is 11.3 Å². The lowest BCUT2D eigenvalue weighted by molar-refractivity contribution is -0.120. The molecule has 5 rings (SSSR count). The Balaban J connectivity index is 1.42. The van der Waals surface area contributed by atoms with Crippen LogP contribution in [0.15, 0.2) is 34.2 Å². The van der Waals surface area contributed by atoms with E-state index in [4.69, 9.17) is 4.98 Å². The van der Waals surface area contributed by atoms with Crippen molar-refractivity contribution in [2.24, 2.45) is 7.05 Å². The molecule has 3 heterocycles. The van der Waals surface area contributed by atoms with E-state index in [0.29, 0.717) is 16.5 Å². The SMILES string of the molecule is Cn1c(SCC(=O)N2CC(=O)Nc3ccccc32)nc2sc3c(c2c1=O)CCCC3. The molecule has 2 aromatic heterocycles. The number of carbonyl (C=O) groups is 2. The van der Waals surface area contributed by atoms with Crippen molar-refractivity contribution in [1.29, 1.82) is 0 Å². The van der Waals surface area contributed by atoms with E-state index in [0.717, 1.165) is 41.5 Å². The topological polar surface area (TPSA) is 84.3 Å². The summed E-state index contributed by atoms with van der Waals surface area (Å²) < 4.78 is 1.54. The van der Waals surface area contributed by atoms with Crippen LogP contribution in [0.25, 0.3) is 10.2 Å². The first-order valence-corrected chi connectivity index (χ1v) is 11.7. The molecule has 0 bridgehead atoms. The molecule has 9 heteroatoms. The second-order valence-electron chi connectivity index (χ2n) is 7.48. The van der Waals surface area contributed by atoms with Gasteiger partial charge in [-0.25, -0.2) is 4.98 Å². The number of benzene rings is 1. The zero-order valence-corrected chi connectivity index (χ0v) is 18.1. The third kappa shape index (κ3) is 3.22. The van der Waals surface area contributed by atoms with Crippen LogP contribution in [0.5, 0.6) is 0 Å². The summed E-state index contributed by atoms with van der Waals surface area (Å²) in [5.41, 5.74) is 2.43. The number of thiophene rings is 1. The van der Waals surface area contributed by atoms with Gasteiger partial charge in [0.15, 0.2) is 5.16 Å². The number of aromatic nitrogens is 2. The molecule has 0 atom stereocenters. The van der Waals surface area contributed by atoms with Gasteiger partial charge in [0, 0.05) is 11.9 Å². The van der Waals surface area contributed by atoms with Crippen LogP contribution >= 0.6 is 23.1 Å². The number of amides is 2. The molecule has 2 amide bonds. The zero-order chi connectivity index (χ0) is 20.8. The van der Waals surface area contributed by atoms with E-state index in [1.54, 1.807) is 29.0 Å². The van der Waals surface area contributed by atoms with Crippen molar-refractivity contribution >= 4 is 56.5 Å². The average Bonchev–Trinajstić information content (AvgIpc) is 3.12. The van der Waals surface area contributed by atoms with Gasteiger partial charge in [-0.1, -0.05) is 23.9 Å². The Kier molecular flexibility index (Phi) is 4.86. The van der Waals surface area contributed by atoms with E-state index in [1.165, 1.54) is 21.5 Å². The highest BCUT2D eigenvalue weighted by molar-refractivity contribution is 7.99. The number of thioether (sulfide) groups is 1. The molecule has 0 fully saturated rings. The number of nitrogens with one attached hydrogen (secondary N) is 1. The molecule has 0 unspecified atom stereocenters. The average molecular weight is 441 g/mol. The molecule has 1 N–H and O–H groups in total. The maximum absolute atomic E-state index is 13.0. The van der Waals surface area contributed by atoms with Gasteiger partial charge in [-0.05, 0) is 43.4 Å². The number of rotatable bonds is 3. The minimum absolute atomic E-state index is 0.0144. The van der Waals surface area contributed by atoms with Crippen LogP contribution in [-0.2, 0) is 29.5 Å². The van der Waals surface area contributed by atoms with Crippen LogP contribution in [0, 0.1) is 0 Å². The van der Waals surface area contributed by atoms with Gasteiger partial charge in [0.2, 0.25) is 11.8 Å². The fraction of sp³-hybridized carbons (Fsp3) is 0.333. The summed E-state index contributed by atoms with van der Waals surface area (Å²) in [5.74, 6) is -0.316. The number of para-hydroxylation sites is 2. The van der Waals surface area contributed by atoms with Crippen molar-refractivity contribution in [3.8, 4) is 0 Å². The third-order valence-corrected chi connectivity index (χ3v) is 7.75. The van der Waals surface area contributed by atoms with E-state index in [-0.39, 0.29) is 29.7 Å². The van der Waals surface area contributed by atoms with Gasteiger partial charge in [-0.3, -0.25) is 19.0 Å². The zero-order valence-electron chi connectivity index (χ0n) is 16.4. The molecular formula is C21H20N4O3S2. The molecule has 0 saturated heterocycles. The smallest absolute Gasteiger partial charge is 0.262 e. The number of nitrogens with zero attached hydrogens (tertiary/aromatic N) is 3. The normalized spacial score (nSPS) is 15.6. The van der Waals surface area contributed by atoms with Crippen LogP contribution in [0.2, 0.25) is 0 Å². The van der Waals surface area contributed by atoms with Crippen LogP contribution in [0.1, 0.15) is 23.3 Å². The Morgan fingerprint density at radius 2 is 2.03 bits per heavy atom. The molecule has 30 heavy (non-hydrogen) atoms. The number of hydrogen-bond donors (Lipinski definition) is 1. The lowest BCUT2D eigenvalue weighted by Gasteiger charge is -2.29. The minimum Gasteiger partial charge on any atom is -0.323 e. The molecule has 0 saturated carbocycles. The Hall–Kier alpha value is -2.65. The summed E-state index contributed by atoms with van der Waals surface area (Å²) in [5, 5.41) is 4.05. The highest BCUT2D eigenvalue weighted by Crippen LogP contribution is 2.35. The first-order valence-electron chi connectivity index (χ1n) is 9.86. The summed E-state index contributed by atoms with van der Waals surface area (Å²) in [7, 11) is 1.71. The Bertz CT molecular complexity index is 1250. The van der Waals surface area contributed by atoms with Gasteiger partial charge in [0.1, 0.15) is 11.4 Å². The lowest BCUT2D eigenvalue weighted by Crippen LogP contribution is -2.43. The number of aryl methyl sites for hydroxylation is 2. The molecule has 154 valence electrons. The van der Waals surface area contributed by atoms with Crippen LogP contribution in [0.3, 0.4) is 0 Å². The second-order valence-corrected chi connectivity index (χ2v) is 9.51. The van der Waals surface area contributed by atoms with Gasteiger partial charge in [-0.2, -0.15) is 0 Å². The van der Waals surface area contributed by atoms with E-state index in [1.807, 2.05) is 18.2 Å². The van der Waals surface area contributed by atoms with Crippen LogP contribution in [0.4, 0.5) is 11.4 Å². The van der Waals surface area contributed by atoms with E-state index in [2.05, 4.69) is 5.32 Å². The fourth-order valence-electron chi connectivity index (χ4n) is 4.06. The Morgan fingerprint density at radius 1 is 1.23 bits per heavy atom. The number of fused-ring (bicyclic) bond motifs is 4. The third-order valence-electron chi connectivity index (χ3n) is 5.55. The van der Waals surface area contributed by atoms with Crippen LogP contribution in [-0.4, -0.2) is 33.7 Å². The highest BCUT2D eigenvalue weighted by atomic mass is 32.2. The van der Waals surface area contributed by atoms with Crippen molar-refractivity contribution < 1.29 is 9.59 Å². The standard InChI is InChI=1S/C21H20N4O3S2/c1-24-20(28)18-12-6-2-5-9-15(12)30-19(18)23-21(24)29-11-17(27)25-10-16(26)22-13-7-3-4-8-14(13)25/h3-4,7-8H,2,5-6,9-11H2,1H3,(H,22,26). The van der Waals surface area contributed by atoms with Crippen molar-refractivity contribution in [2.45, 2.75) is 30.8 Å².